The summed E-state index contributed by atoms with van der Waals surface area (Å²) >= 11 is 1.67. The Bertz CT molecular complexity index is 803. The summed E-state index contributed by atoms with van der Waals surface area (Å²) in [6.07, 6.45) is 5.62. The second-order valence-corrected chi connectivity index (χ2v) is 11.2. The van der Waals surface area contributed by atoms with Gasteiger partial charge in [-0.15, -0.1) is 11.3 Å². The predicted octanol–water partition coefficient (Wildman–Crippen LogP) is 1.24. The summed E-state index contributed by atoms with van der Waals surface area (Å²) in [5.41, 5.74) is -0.782. The molecule has 0 saturated carbocycles. The first kappa shape index (κ1) is 19.3. The molecule has 0 aromatic carbocycles. The van der Waals surface area contributed by atoms with Crippen LogP contribution in [0.1, 0.15) is 31.2 Å². The van der Waals surface area contributed by atoms with Gasteiger partial charge in [-0.05, 0) is 39.3 Å². The van der Waals surface area contributed by atoms with Crippen molar-refractivity contribution in [2.45, 2.75) is 32.7 Å². The highest BCUT2D eigenvalue weighted by Crippen LogP contribution is 2.58. The van der Waals surface area contributed by atoms with Crippen molar-refractivity contribution in [3.63, 3.8) is 0 Å². The standard InChI is InChI=1S/C18H28N4O3S2/c1-3-21-10-6-18(16(21)23)14-22(27(2,24)25)13-17(18)4-8-20(9-5-17)12-15-19-7-11-26-15/h7,11H,3-6,8-10,12-14H2,1-2H3/t18-/m0/s1. The van der Waals surface area contributed by atoms with Crippen LogP contribution < -0.4 is 0 Å². The highest BCUT2D eigenvalue weighted by molar-refractivity contribution is 7.88. The molecule has 0 radical (unpaired) electrons. The molecular weight excluding hydrogens is 384 g/mol. The van der Waals surface area contributed by atoms with Crippen molar-refractivity contribution in [3.05, 3.63) is 16.6 Å². The van der Waals surface area contributed by atoms with E-state index in [9.17, 15) is 13.2 Å². The van der Waals surface area contributed by atoms with Gasteiger partial charge in [0.15, 0.2) is 0 Å². The third kappa shape index (κ3) is 3.12. The predicted molar refractivity (Wildman–Crippen MR) is 105 cm³/mol. The van der Waals surface area contributed by atoms with E-state index in [-0.39, 0.29) is 11.3 Å². The maximum absolute atomic E-state index is 13.3. The Balaban J connectivity index is 1.58. The quantitative estimate of drug-likeness (QED) is 0.744. The van der Waals surface area contributed by atoms with Gasteiger partial charge < -0.3 is 4.90 Å². The van der Waals surface area contributed by atoms with Crippen LogP contribution in [0, 0.1) is 10.8 Å². The Labute approximate surface area is 165 Å². The molecule has 0 N–H and O–H groups in total. The molecule has 1 aromatic heterocycles. The smallest absolute Gasteiger partial charge is 0.230 e. The van der Waals surface area contributed by atoms with E-state index in [1.54, 1.807) is 15.6 Å². The van der Waals surface area contributed by atoms with Gasteiger partial charge in [-0.2, -0.15) is 0 Å². The van der Waals surface area contributed by atoms with Crippen molar-refractivity contribution in [2.24, 2.45) is 10.8 Å². The molecule has 4 rings (SSSR count). The number of piperidine rings is 1. The van der Waals surface area contributed by atoms with Gasteiger partial charge in [0.25, 0.3) is 0 Å². The third-order valence-corrected chi connectivity index (χ3v) is 8.91. The third-order valence-electron chi connectivity index (χ3n) is 6.95. The van der Waals surface area contributed by atoms with Gasteiger partial charge in [-0.1, -0.05) is 0 Å². The first-order valence-electron chi connectivity index (χ1n) is 9.65. The summed E-state index contributed by atoms with van der Waals surface area (Å²) in [7, 11) is -3.30. The zero-order valence-corrected chi connectivity index (χ0v) is 17.7. The summed E-state index contributed by atoms with van der Waals surface area (Å²) < 4.78 is 26.2. The zero-order valence-electron chi connectivity index (χ0n) is 16.1. The number of hydrogen-bond donors (Lipinski definition) is 0. The molecule has 1 atom stereocenters. The van der Waals surface area contributed by atoms with Crippen LogP contribution in [0.15, 0.2) is 11.6 Å². The number of amides is 1. The van der Waals surface area contributed by atoms with Crippen LogP contribution in [0.5, 0.6) is 0 Å². The van der Waals surface area contributed by atoms with Crippen molar-refractivity contribution in [1.29, 1.82) is 0 Å². The molecule has 1 aromatic rings. The highest BCUT2D eigenvalue weighted by atomic mass is 32.2. The zero-order chi connectivity index (χ0) is 19.3. The van der Waals surface area contributed by atoms with E-state index in [1.165, 1.54) is 6.26 Å². The maximum atomic E-state index is 13.3. The Morgan fingerprint density at radius 2 is 1.93 bits per heavy atom. The van der Waals surface area contributed by atoms with E-state index < -0.39 is 15.4 Å². The first-order chi connectivity index (χ1) is 12.8. The lowest BCUT2D eigenvalue weighted by molar-refractivity contribution is -0.142. The topological polar surface area (TPSA) is 73.8 Å². The van der Waals surface area contributed by atoms with Crippen LogP contribution in [0.25, 0.3) is 0 Å². The number of carbonyl (C=O) groups is 1. The normalized spacial score (nSPS) is 29.4. The molecule has 4 heterocycles. The van der Waals surface area contributed by atoms with Crippen LogP contribution >= 0.6 is 11.3 Å². The van der Waals surface area contributed by atoms with Crippen LogP contribution in [-0.2, 0) is 21.4 Å². The molecule has 3 fully saturated rings. The van der Waals surface area contributed by atoms with Crippen molar-refractivity contribution in [1.82, 2.24) is 19.1 Å². The highest BCUT2D eigenvalue weighted by Gasteiger charge is 2.66. The number of rotatable bonds is 4. The van der Waals surface area contributed by atoms with Gasteiger partial charge in [0.05, 0.1) is 18.2 Å². The average molecular weight is 413 g/mol. The Kier molecular flexibility index (Phi) is 4.85. The SMILES string of the molecule is CCN1CC[C@]2(CN(S(C)(=O)=O)CC23CCN(Cc2nccs2)CC3)C1=O. The monoisotopic (exact) mass is 412 g/mol. The summed E-state index contributed by atoms with van der Waals surface area (Å²) in [4.78, 5) is 22.0. The number of hydrogen-bond acceptors (Lipinski definition) is 6. The lowest BCUT2D eigenvalue weighted by atomic mass is 9.60. The molecular formula is C18H28N4O3S2. The van der Waals surface area contributed by atoms with Crippen molar-refractivity contribution in [3.8, 4) is 0 Å². The van der Waals surface area contributed by atoms with Crippen LogP contribution in [0.2, 0.25) is 0 Å². The molecule has 0 unspecified atom stereocenters. The van der Waals surface area contributed by atoms with Gasteiger partial charge in [-0.3, -0.25) is 9.69 Å². The van der Waals surface area contributed by atoms with Gasteiger partial charge in [-0.25, -0.2) is 17.7 Å². The molecule has 3 saturated heterocycles. The number of thiazole rings is 1. The molecule has 3 aliphatic heterocycles. The molecule has 27 heavy (non-hydrogen) atoms. The van der Waals surface area contributed by atoms with Gasteiger partial charge in [0.1, 0.15) is 5.01 Å². The molecule has 7 nitrogen and oxygen atoms in total. The second-order valence-electron chi connectivity index (χ2n) is 8.23. The largest absolute Gasteiger partial charge is 0.342 e. The molecule has 9 heteroatoms. The van der Waals surface area contributed by atoms with E-state index in [4.69, 9.17) is 0 Å². The van der Waals surface area contributed by atoms with E-state index >= 15 is 0 Å². The molecule has 0 bridgehead atoms. The lowest BCUT2D eigenvalue weighted by Crippen LogP contribution is -2.52. The number of carbonyl (C=O) groups excluding carboxylic acids is 1. The van der Waals surface area contributed by atoms with E-state index in [2.05, 4.69) is 9.88 Å². The Morgan fingerprint density at radius 3 is 2.48 bits per heavy atom. The van der Waals surface area contributed by atoms with E-state index in [1.807, 2.05) is 23.4 Å². The second kappa shape index (κ2) is 6.79. The van der Waals surface area contributed by atoms with E-state index in [0.717, 1.165) is 50.4 Å². The van der Waals surface area contributed by atoms with Crippen LogP contribution in [0.4, 0.5) is 0 Å². The minimum atomic E-state index is -3.30. The average Bonchev–Trinajstić information content (AvgIpc) is 3.32. The minimum Gasteiger partial charge on any atom is -0.342 e. The van der Waals surface area contributed by atoms with Gasteiger partial charge in [0, 0.05) is 43.2 Å². The van der Waals surface area contributed by atoms with Crippen molar-refractivity contribution < 1.29 is 13.2 Å². The molecule has 150 valence electrons. The molecule has 0 aliphatic carbocycles. The summed E-state index contributed by atoms with van der Waals surface area (Å²) in [6, 6.07) is 0. The lowest BCUT2D eigenvalue weighted by Gasteiger charge is -2.46. The summed E-state index contributed by atoms with van der Waals surface area (Å²) in [5, 5.41) is 3.10. The van der Waals surface area contributed by atoms with Gasteiger partial charge in [0.2, 0.25) is 15.9 Å². The molecule has 2 spiro atoms. The first-order valence-corrected chi connectivity index (χ1v) is 12.4. The maximum Gasteiger partial charge on any atom is 0.230 e. The van der Waals surface area contributed by atoms with Crippen LogP contribution in [0.3, 0.4) is 0 Å². The minimum absolute atomic E-state index is 0.171. The fraction of sp³-hybridized carbons (Fsp3) is 0.778. The summed E-state index contributed by atoms with van der Waals surface area (Å²) in [6.45, 7) is 6.91. The van der Waals surface area contributed by atoms with Crippen molar-refractivity contribution >= 4 is 27.3 Å². The van der Waals surface area contributed by atoms with Crippen molar-refractivity contribution in [2.75, 3.05) is 45.5 Å². The summed E-state index contributed by atoms with van der Waals surface area (Å²) in [5.74, 6) is 0.171. The van der Waals surface area contributed by atoms with Gasteiger partial charge >= 0.3 is 0 Å². The number of nitrogens with zero attached hydrogens (tertiary/aromatic N) is 4. The van der Waals surface area contributed by atoms with Crippen LogP contribution in [-0.4, -0.2) is 78.9 Å². The molecule has 1 amide bonds. The fourth-order valence-electron chi connectivity index (χ4n) is 5.32. The number of fused-ring (bicyclic) bond motifs is 1. The Morgan fingerprint density at radius 1 is 1.19 bits per heavy atom. The Hall–Kier alpha value is -1.03. The molecule has 3 aliphatic rings. The number of aromatic nitrogens is 1. The van der Waals surface area contributed by atoms with E-state index in [0.29, 0.717) is 19.6 Å². The number of sulfonamides is 1. The number of likely N-dealkylation sites (tertiary alicyclic amines) is 2. The fourth-order valence-corrected chi connectivity index (χ4v) is 6.92.